The summed E-state index contributed by atoms with van der Waals surface area (Å²) >= 11 is 0. The van der Waals surface area contributed by atoms with Crippen LogP contribution in [0.5, 0.6) is 5.88 Å². The molecule has 1 aromatic heterocycles. The molecule has 0 saturated heterocycles. The number of hydrogen-bond acceptors (Lipinski definition) is 6. The van der Waals surface area contributed by atoms with Crippen molar-refractivity contribution in [2.24, 2.45) is 0 Å². The molecule has 0 unspecified atom stereocenters. The van der Waals surface area contributed by atoms with Crippen LogP contribution in [-0.4, -0.2) is 39.7 Å². The van der Waals surface area contributed by atoms with Crippen LogP contribution < -0.4 is 15.8 Å². The van der Waals surface area contributed by atoms with Crippen LogP contribution in [0.25, 0.3) is 0 Å². The zero-order valence-corrected chi connectivity index (χ0v) is 19.5. The number of hydrogen-bond donors (Lipinski definition) is 2. The molecule has 0 amide bonds. The van der Waals surface area contributed by atoms with Gasteiger partial charge in [0, 0.05) is 6.07 Å². The van der Waals surface area contributed by atoms with Crippen molar-refractivity contribution < 1.29 is 13.9 Å². The second kappa shape index (κ2) is 10.1. The predicted octanol–water partition coefficient (Wildman–Crippen LogP) is 4.69. The van der Waals surface area contributed by atoms with Crippen LogP contribution in [0.2, 0.25) is 18.1 Å². The van der Waals surface area contributed by atoms with Crippen molar-refractivity contribution in [3.8, 4) is 5.88 Å². The Kier molecular flexibility index (Phi) is 8.07. The highest BCUT2D eigenvalue weighted by Gasteiger charge is 2.37. The van der Waals surface area contributed by atoms with E-state index in [2.05, 4.69) is 56.3 Å². The molecule has 1 atom stereocenters. The lowest BCUT2D eigenvalue weighted by atomic mass is 10.2. The van der Waals surface area contributed by atoms with Crippen molar-refractivity contribution in [1.29, 1.82) is 0 Å². The predicted molar refractivity (Wildman–Crippen MR) is 122 cm³/mol. The van der Waals surface area contributed by atoms with Crippen LogP contribution in [0, 0.1) is 0 Å². The number of pyridine rings is 1. The molecule has 0 saturated carbocycles. The molecule has 0 spiro atoms. The van der Waals surface area contributed by atoms with Crippen LogP contribution in [-0.2, 0) is 15.8 Å². The first kappa shape index (κ1) is 23.2. The molecule has 0 aliphatic rings. The molecular formula is C22H35N3O3Si. The zero-order chi connectivity index (χ0) is 21.5. The molecule has 2 rings (SSSR count). The minimum absolute atomic E-state index is 0.0882. The molecule has 0 fully saturated rings. The molecule has 2 aromatic rings. The van der Waals surface area contributed by atoms with Crippen LogP contribution in [0.15, 0.2) is 42.5 Å². The molecular weight excluding hydrogens is 382 g/mol. The third-order valence-corrected chi connectivity index (χ3v) is 9.83. The normalized spacial score (nSPS) is 13.2. The first-order valence-corrected chi connectivity index (χ1v) is 12.9. The van der Waals surface area contributed by atoms with Crippen molar-refractivity contribution in [1.82, 2.24) is 4.98 Å². The summed E-state index contributed by atoms with van der Waals surface area (Å²) in [5, 5.41) is 3.52. The van der Waals surface area contributed by atoms with Gasteiger partial charge in [-0.3, -0.25) is 0 Å². The van der Waals surface area contributed by atoms with E-state index in [1.807, 2.05) is 18.2 Å². The molecule has 0 radical (unpaired) electrons. The SMILES string of the molecule is COc1ccc(N)c(N[C@@H](COCc2ccccc2)CO[Si](C)(C)C(C)(C)C)n1. The molecule has 7 heteroatoms. The van der Waals surface area contributed by atoms with Gasteiger partial charge < -0.3 is 25.0 Å². The number of nitrogen functional groups attached to an aromatic ring is 1. The summed E-state index contributed by atoms with van der Waals surface area (Å²) in [5.41, 5.74) is 7.81. The minimum Gasteiger partial charge on any atom is -0.481 e. The highest BCUT2D eigenvalue weighted by molar-refractivity contribution is 6.74. The number of nitrogens with zero attached hydrogens (tertiary/aromatic N) is 1. The van der Waals surface area contributed by atoms with Crippen molar-refractivity contribution in [3.05, 3.63) is 48.0 Å². The summed E-state index contributed by atoms with van der Waals surface area (Å²) in [6.07, 6.45) is 0. The molecule has 6 nitrogen and oxygen atoms in total. The highest BCUT2D eigenvalue weighted by Crippen LogP contribution is 2.36. The van der Waals surface area contributed by atoms with E-state index in [9.17, 15) is 0 Å². The van der Waals surface area contributed by atoms with Gasteiger partial charge in [0.2, 0.25) is 5.88 Å². The summed E-state index contributed by atoms with van der Waals surface area (Å²) < 4.78 is 17.6. The molecule has 160 valence electrons. The first-order chi connectivity index (χ1) is 13.6. The molecule has 1 aromatic carbocycles. The van der Waals surface area contributed by atoms with E-state index >= 15 is 0 Å². The molecule has 0 bridgehead atoms. The lowest BCUT2D eigenvalue weighted by molar-refractivity contribution is 0.0964. The fourth-order valence-electron chi connectivity index (χ4n) is 2.42. The quantitative estimate of drug-likeness (QED) is 0.546. The van der Waals surface area contributed by atoms with E-state index in [1.165, 1.54) is 0 Å². The molecule has 29 heavy (non-hydrogen) atoms. The van der Waals surface area contributed by atoms with Gasteiger partial charge in [-0.05, 0) is 29.8 Å². The van der Waals surface area contributed by atoms with Gasteiger partial charge in [0.25, 0.3) is 0 Å². The van der Waals surface area contributed by atoms with E-state index in [0.29, 0.717) is 37.2 Å². The maximum atomic E-state index is 6.42. The van der Waals surface area contributed by atoms with Crippen molar-refractivity contribution in [2.45, 2.75) is 51.6 Å². The second-order valence-corrected chi connectivity index (χ2v) is 13.5. The minimum atomic E-state index is -1.89. The summed E-state index contributed by atoms with van der Waals surface area (Å²) in [6.45, 7) is 12.7. The van der Waals surface area contributed by atoms with Crippen LogP contribution in [0.4, 0.5) is 11.5 Å². The van der Waals surface area contributed by atoms with E-state index in [-0.39, 0.29) is 11.1 Å². The van der Waals surface area contributed by atoms with Gasteiger partial charge in [-0.2, -0.15) is 4.98 Å². The Labute approximate surface area is 175 Å². The first-order valence-electron chi connectivity index (χ1n) is 9.95. The Morgan fingerprint density at radius 2 is 1.76 bits per heavy atom. The summed E-state index contributed by atoms with van der Waals surface area (Å²) in [6, 6.07) is 13.6. The maximum Gasteiger partial charge on any atom is 0.215 e. The zero-order valence-electron chi connectivity index (χ0n) is 18.5. The lowest BCUT2D eigenvalue weighted by Gasteiger charge is -2.37. The van der Waals surface area contributed by atoms with Crippen LogP contribution in [0.3, 0.4) is 0 Å². The van der Waals surface area contributed by atoms with Crippen LogP contribution >= 0.6 is 0 Å². The van der Waals surface area contributed by atoms with Crippen molar-refractivity contribution in [3.63, 3.8) is 0 Å². The topological polar surface area (TPSA) is 78.6 Å². The number of anilines is 2. The number of benzene rings is 1. The van der Waals surface area contributed by atoms with Crippen LogP contribution in [0.1, 0.15) is 26.3 Å². The number of ether oxygens (including phenoxy) is 2. The third kappa shape index (κ3) is 7.03. The number of nitrogens with two attached hydrogens (primary N) is 1. The summed E-state index contributed by atoms with van der Waals surface area (Å²) in [7, 11) is -0.305. The highest BCUT2D eigenvalue weighted by atomic mass is 28.4. The average molecular weight is 418 g/mol. The van der Waals surface area contributed by atoms with Gasteiger partial charge in [0.15, 0.2) is 14.1 Å². The van der Waals surface area contributed by atoms with E-state index in [4.69, 9.17) is 19.6 Å². The van der Waals surface area contributed by atoms with E-state index < -0.39 is 8.32 Å². The Balaban J connectivity index is 2.07. The summed E-state index contributed by atoms with van der Waals surface area (Å²) in [5.74, 6) is 1.09. The fourth-order valence-corrected chi connectivity index (χ4v) is 3.48. The Hall–Kier alpha value is -2.09. The molecule has 3 N–H and O–H groups in total. The number of aromatic nitrogens is 1. The number of methoxy groups -OCH3 is 1. The Bertz CT molecular complexity index is 764. The van der Waals surface area contributed by atoms with Gasteiger partial charge in [0.1, 0.15) is 0 Å². The average Bonchev–Trinajstić information content (AvgIpc) is 2.67. The monoisotopic (exact) mass is 417 g/mol. The van der Waals surface area contributed by atoms with Gasteiger partial charge in [-0.25, -0.2) is 0 Å². The van der Waals surface area contributed by atoms with Gasteiger partial charge in [0.05, 0.1) is 38.7 Å². The molecule has 0 aliphatic carbocycles. The van der Waals surface area contributed by atoms with E-state index in [0.717, 1.165) is 5.56 Å². The van der Waals surface area contributed by atoms with Crippen molar-refractivity contribution >= 4 is 19.8 Å². The standard InChI is InChI=1S/C22H35N3O3Si/c1-22(2,3)29(5,6)28-16-18(15-27-14-17-10-8-7-9-11-17)24-21-19(23)12-13-20(25-21)26-4/h7-13,18H,14-16,23H2,1-6H3,(H,24,25)/t18-/m0/s1. The smallest absolute Gasteiger partial charge is 0.215 e. The summed E-state index contributed by atoms with van der Waals surface area (Å²) in [4.78, 5) is 4.43. The maximum absolute atomic E-state index is 6.42. The van der Waals surface area contributed by atoms with Crippen molar-refractivity contribution in [2.75, 3.05) is 31.4 Å². The van der Waals surface area contributed by atoms with Gasteiger partial charge in [-0.15, -0.1) is 0 Å². The second-order valence-electron chi connectivity index (χ2n) is 8.70. The Morgan fingerprint density at radius 1 is 1.07 bits per heavy atom. The largest absolute Gasteiger partial charge is 0.481 e. The van der Waals surface area contributed by atoms with Gasteiger partial charge >= 0.3 is 0 Å². The van der Waals surface area contributed by atoms with Gasteiger partial charge in [-0.1, -0.05) is 51.1 Å². The van der Waals surface area contributed by atoms with E-state index in [1.54, 1.807) is 19.2 Å². The number of rotatable bonds is 10. The lowest BCUT2D eigenvalue weighted by Crippen LogP contribution is -2.44. The fraction of sp³-hybridized carbons (Fsp3) is 0.500. The third-order valence-electron chi connectivity index (χ3n) is 5.33. The number of nitrogens with one attached hydrogen (secondary N) is 1. The molecule has 1 heterocycles. The molecule has 0 aliphatic heterocycles. The Morgan fingerprint density at radius 3 is 2.38 bits per heavy atom.